The lowest BCUT2D eigenvalue weighted by atomic mass is 9.75. The molecule has 1 atom stereocenters. The first kappa shape index (κ1) is 21.8. The Morgan fingerprint density at radius 1 is 1.24 bits per heavy atom. The van der Waals surface area contributed by atoms with E-state index in [1.807, 2.05) is 13.8 Å². The minimum atomic E-state index is -0.417. The summed E-state index contributed by atoms with van der Waals surface area (Å²) in [5, 5.41) is 2.96. The zero-order chi connectivity index (χ0) is 21.3. The van der Waals surface area contributed by atoms with Gasteiger partial charge in [-0.05, 0) is 55.7 Å². The highest BCUT2D eigenvalue weighted by molar-refractivity contribution is 6.02. The van der Waals surface area contributed by atoms with E-state index < -0.39 is 11.5 Å². The van der Waals surface area contributed by atoms with Crippen LogP contribution in [0.2, 0.25) is 0 Å². The van der Waals surface area contributed by atoms with Gasteiger partial charge in [-0.15, -0.1) is 0 Å². The summed E-state index contributed by atoms with van der Waals surface area (Å²) in [6, 6.07) is 1.74. The summed E-state index contributed by atoms with van der Waals surface area (Å²) in [4.78, 5) is 43.1. The normalized spacial score (nSPS) is 21.1. The van der Waals surface area contributed by atoms with Crippen molar-refractivity contribution in [1.82, 2.24) is 15.2 Å². The number of aromatic nitrogens is 1. The van der Waals surface area contributed by atoms with Crippen molar-refractivity contribution in [3.8, 4) is 0 Å². The van der Waals surface area contributed by atoms with E-state index in [-0.39, 0.29) is 22.8 Å². The Bertz CT molecular complexity index is 832. The van der Waals surface area contributed by atoms with Crippen molar-refractivity contribution in [2.75, 3.05) is 19.6 Å². The third kappa shape index (κ3) is 4.97. The number of amides is 1. The first-order chi connectivity index (χ1) is 13.6. The van der Waals surface area contributed by atoms with Crippen molar-refractivity contribution >= 4 is 11.7 Å². The number of likely N-dealkylation sites (tertiary alicyclic amines) is 1. The second-order valence-corrected chi connectivity index (χ2v) is 10.1. The minimum Gasteiger partial charge on any atom is -0.350 e. The van der Waals surface area contributed by atoms with Gasteiger partial charge < -0.3 is 10.3 Å². The van der Waals surface area contributed by atoms with Gasteiger partial charge >= 0.3 is 0 Å². The predicted molar refractivity (Wildman–Crippen MR) is 114 cm³/mol. The van der Waals surface area contributed by atoms with E-state index in [1.54, 1.807) is 0 Å². The average molecular weight is 402 g/mol. The SMILES string of the molecule is CC1CCN(C(CNC(=O)c2cc3c([nH]c2=O)CC(C)(C)CC3=O)C(C)C)CC1. The van der Waals surface area contributed by atoms with E-state index in [0.717, 1.165) is 19.0 Å². The highest BCUT2D eigenvalue weighted by Crippen LogP contribution is 2.33. The third-order valence-electron chi connectivity index (χ3n) is 6.49. The predicted octanol–water partition coefficient (Wildman–Crippen LogP) is 3.02. The largest absolute Gasteiger partial charge is 0.350 e. The minimum absolute atomic E-state index is 0.0101. The molecule has 2 N–H and O–H groups in total. The molecule has 0 radical (unpaired) electrons. The molecule has 1 aliphatic carbocycles. The molecule has 1 aromatic rings. The van der Waals surface area contributed by atoms with Crippen LogP contribution >= 0.6 is 0 Å². The summed E-state index contributed by atoms with van der Waals surface area (Å²) in [5.74, 6) is 0.742. The summed E-state index contributed by atoms with van der Waals surface area (Å²) in [6.07, 6.45) is 3.42. The van der Waals surface area contributed by atoms with E-state index >= 15 is 0 Å². The molecule has 1 saturated heterocycles. The molecule has 160 valence electrons. The van der Waals surface area contributed by atoms with Gasteiger partial charge in [-0.3, -0.25) is 19.3 Å². The Balaban J connectivity index is 1.73. The topological polar surface area (TPSA) is 82.3 Å². The molecule has 6 nitrogen and oxygen atoms in total. The number of pyridine rings is 1. The molecule has 0 saturated carbocycles. The van der Waals surface area contributed by atoms with Crippen LogP contribution in [0.15, 0.2) is 10.9 Å². The summed E-state index contributed by atoms with van der Waals surface area (Å²) >= 11 is 0. The van der Waals surface area contributed by atoms with E-state index in [0.29, 0.717) is 36.6 Å². The highest BCUT2D eigenvalue weighted by atomic mass is 16.2. The van der Waals surface area contributed by atoms with Crippen LogP contribution in [0.4, 0.5) is 0 Å². The molecule has 0 bridgehead atoms. The van der Waals surface area contributed by atoms with Gasteiger partial charge in [0.2, 0.25) is 0 Å². The second kappa shape index (κ2) is 8.42. The standard InChI is InChI=1S/C23H35N3O3/c1-14(2)19(26-8-6-15(3)7-9-26)13-24-21(28)17-10-16-18(25-22(17)29)11-23(4,5)12-20(16)27/h10,14-15,19H,6-9,11-13H2,1-5H3,(H,24,28)(H,25,29). The molecule has 1 aliphatic heterocycles. The van der Waals surface area contributed by atoms with Crippen LogP contribution < -0.4 is 10.9 Å². The van der Waals surface area contributed by atoms with Gasteiger partial charge in [0.05, 0.1) is 0 Å². The first-order valence-corrected chi connectivity index (χ1v) is 10.9. The lowest BCUT2D eigenvalue weighted by Crippen LogP contribution is -2.50. The zero-order valence-electron chi connectivity index (χ0n) is 18.4. The van der Waals surface area contributed by atoms with Crippen molar-refractivity contribution in [2.45, 2.75) is 66.3 Å². The molecule has 1 aromatic heterocycles. The van der Waals surface area contributed by atoms with Crippen LogP contribution in [0, 0.1) is 17.3 Å². The van der Waals surface area contributed by atoms with Crippen LogP contribution in [-0.4, -0.2) is 47.3 Å². The molecule has 1 unspecified atom stereocenters. The van der Waals surface area contributed by atoms with Gasteiger partial charge in [0.25, 0.3) is 11.5 Å². The molecule has 2 aliphatic rings. The summed E-state index contributed by atoms with van der Waals surface area (Å²) < 4.78 is 0. The monoisotopic (exact) mass is 401 g/mol. The van der Waals surface area contributed by atoms with Gasteiger partial charge in [0.15, 0.2) is 5.78 Å². The molecule has 29 heavy (non-hydrogen) atoms. The number of carbonyl (C=O) groups is 2. The van der Waals surface area contributed by atoms with E-state index in [4.69, 9.17) is 0 Å². The van der Waals surface area contributed by atoms with E-state index in [9.17, 15) is 14.4 Å². The van der Waals surface area contributed by atoms with Crippen molar-refractivity contribution in [2.24, 2.45) is 17.3 Å². The van der Waals surface area contributed by atoms with Gasteiger partial charge in [0, 0.05) is 30.3 Å². The second-order valence-electron chi connectivity index (χ2n) is 10.1. The van der Waals surface area contributed by atoms with E-state index in [2.05, 4.69) is 36.0 Å². The first-order valence-electron chi connectivity index (χ1n) is 10.9. The number of fused-ring (bicyclic) bond motifs is 1. The molecule has 3 rings (SSSR count). The zero-order valence-corrected chi connectivity index (χ0v) is 18.4. The summed E-state index contributed by atoms with van der Waals surface area (Å²) in [7, 11) is 0. The Labute approximate surface area is 173 Å². The van der Waals surface area contributed by atoms with Crippen LogP contribution in [0.1, 0.15) is 80.3 Å². The lowest BCUT2D eigenvalue weighted by molar-refractivity contribution is 0.0861. The van der Waals surface area contributed by atoms with Crippen molar-refractivity contribution in [1.29, 1.82) is 0 Å². The Morgan fingerprint density at radius 2 is 1.90 bits per heavy atom. The Hall–Kier alpha value is -1.95. The number of nitrogens with one attached hydrogen (secondary N) is 2. The molecule has 1 fully saturated rings. The maximum atomic E-state index is 12.8. The van der Waals surface area contributed by atoms with Gasteiger partial charge in [0.1, 0.15) is 5.56 Å². The Kier molecular flexibility index (Phi) is 6.32. The van der Waals surface area contributed by atoms with Crippen LogP contribution in [-0.2, 0) is 6.42 Å². The number of Topliss-reactive ketones (excluding diaryl/α,β-unsaturated/α-hetero) is 1. The fourth-order valence-electron chi connectivity index (χ4n) is 4.64. The van der Waals surface area contributed by atoms with Crippen LogP contribution in [0.3, 0.4) is 0 Å². The fourth-order valence-corrected chi connectivity index (χ4v) is 4.64. The smallest absolute Gasteiger partial charge is 0.261 e. The average Bonchev–Trinajstić information content (AvgIpc) is 2.61. The summed E-state index contributed by atoms with van der Waals surface area (Å²) in [5.41, 5.74) is 0.578. The quantitative estimate of drug-likeness (QED) is 0.795. The van der Waals surface area contributed by atoms with Crippen molar-refractivity contribution < 1.29 is 9.59 Å². The summed E-state index contributed by atoms with van der Waals surface area (Å²) in [6.45, 7) is 13.2. The number of ketones is 1. The maximum absolute atomic E-state index is 12.8. The van der Waals surface area contributed by atoms with Crippen LogP contribution in [0.25, 0.3) is 0 Å². The number of hydrogen-bond acceptors (Lipinski definition) is 4. The fraction of sp³-hybridized carbons (Fsp3) is 0.696. The van der Waals surface area contributed by atoms with Gasteiger partial charge in [-0.25, -0.2) is 0 Å². The molecule has 2 heterocycles. The molecule has 6 heteroatoms. The van der Waals surface area contributed by atoms with E-state index in [1.165, 1.54) is 18.9 Å². The van der Waals surface area contributed by atoms with Crippen molar-refractivity contribution in [3.63, 3.8) is 0 Å². The molecule has 0 aromatic carbocycles. The van der Waals surface area contributed by atoms with Gasteiger partial charge in [-0.1, -0.05) is 34.6 Å². The van der Waals surface area contributed by atoms with Gasteiger partial charge in [-0.2, -0.15) is 0 Å². The Morgan fingerprint density at radius 3 is 2.52 bits per heavy atom. The molecule has 0 spiro atoms. The van der Waals surface area contributed by atoms with Crippen LogP contribution in [0.5, 0.6) is 0 Å². The number of H-pyrrole nitrogens is 1. The number of piperidine rings is 1. The number of carbonyl (C=O) groups excluding carboxylic acids is 2. The number of nitrogens with zero attached hydrogens (tertiary/aromatic N) is 1. The molecular formula is C23H35N3O3. The van der Waals surface area contributed by atoms with Crippen molar-refractivity contribution in [3.05, 3.63) is 33.2 Å². The highest BCUT2D eigenvalue weighted by Gasteiger charge is 2.33. The maximum Gasteiger partial charge on any atom is 0.261 e. The number of aromatic amines is 1. The third-order valence-corrected chi connectivity index (χ3v) is 6.49. The number of hydrogen-bond donors (Lipinski definition) is 2. The molecule has 1 amide bonds. The lowest BCUT2D eigenvalue weighted by Gasteiger charge is -2.38. The number of rotatable bonds is 5. The molecular weight excluding hydrogens is 366 g/mol.